The third kappa shape index (κ3) is 5.04. The highest BCUT2D eigenvalue weighted by Crippen LogP contribution is 2.41. The first kappa shape index (κ1) is 20.8. The van der Waals surface area contributed by atoms with Gasteiger partial charge in [0.05, 0.1) is 10.0 Å². The molecule has 0 radical (unpaired) electrons. The van der Waals surface area contributed by atoms with Gasteiger partial charge >= 0.3 is 6.09 Å². The number of carbonyl (C=O) groups excluding carboxylic acids is 1. The molecule has 0 aliphatic carbocycles. The van der Waals surface area contributed by atoms with E-state index in [1.54, 1.807) is 4.90 Å². The van der Waals surface area contributed by atoms with E-state index < -0.39 is 11.6 Å². The van der Waals surface area contributed by atoms with Gasteiger partial charge in [0.2, 0.25) is 0 Å². The molecule has 140 valence electrons. The molecule has 1 aromatic heterocycles. The number of nitrogens with zero attached hydrogens (tertiary/aromatic N) is 2. The van der Waals surface area contributed by atoms with Crippen LogP contribution in [0.25, 0.3) is 0 Å². The van der Waals surface area contributed by atoms with Crippen molar-refractivity contribution in [1.82, 2.24) is 9.88 Å². The topological polar surface area (TPSA) is 68.5 Å². The summed E-state index contributed by atoms with van der Waals surface area (Å²) in [5, 5.41) is 0.594. The van der Waals surface area contributed by atoms with Gasteiger partial charge in [-0.1, -0.05) is 46.4 Å². The van der Waals surface area contributed by atoms with Crippen molar-refractivity contribution >= 4 is 52.5 Å². The molecule has 2 N–H and O–H groups in total. The molecular weight excluding hydrogens is 408 g/mol. The number of carbonyl (C=O) groups is 1. The molecule has 1 atom stereocenters. The van der Waals surface area contributed by atoms with Crippen LogP contribution in [0.15, 0.2) is 0 Å². The number of aromatic nitrogens is 1. The lowest BCUT2D eigenvalue weighted by Crippen LogP contribution is -2.43. The standard InChI is InChI=1S/C16H21Cl4N3O2/c1-16(2,3)25-15(24)23-6-4-8(5-7-23)12(21)9-10(17)13(19)22-14(20)11(9)18/h8,12H,4-7,21H2,1-3H3. The largest absolute Gasteiger partial charge is 0.444 e. The van der Waals surface area contributed by atoms with Crippen molar-refractivity contribution in [1.29, 1.82) is 0 Å². The van der Waals surface area contributed by atoms with Crippen LogP contribution in [0.5, 0.6) is 0 Å². The van der Waals surface area contributed by atoms with Crippen molar-refractivity contribution in [3.63, 3.8) is 0 Å². The first-order valence-electron chi connectivity index (χ1n) is 7.94. The fraction of sp³-hybridized carbons (Fsp3) is 0.625. The summed E-state index contributed by atoms with van der Waals surface area (Å²) >= 11 is 24.4. The van der Waals surface area contributed by atoms with Crippen LogP contribution >= 0.6 is 46.4 Å². The minimum Gasteiger partial charge on any atom is -0.444 e. The third-order valence-corrected chi connectivity index (χ3v) is 5.57. The quantitative estimate of drug-likeness (QED) is 0.645. The molecule has 0 bridgehead atoms. The van der Waals surface area contributed by atoms with Crippen molar-refractivity contribution in [2.45, 2.75) is 45.3 Å². The van der Waals surface area contributed by atoms with E-state index in [1.165, 1.54) is 0 Å². The Morgan fingerprint density at radius 3 is 2.08 bits per heavy atom. The molecule has 9 heteroatoms. The van der Waals surface area contributed by atoms with E-state index in [4.69, 9.17) is 56.9 Å². The summed E-state index contributed by atoms with van der Waals surface area (Å²) < 4.78 is 5.40. The minimum atomic E-state index is -0.518. The normalized spacial score (nSPS) is 17.5. The zero-order valence-corrected chi connectivity index (χ0v) is 17.3. The van der Waals surface area contributed by atoms with Crippen molar-refractivity contribution in [3.05, 3.63) is 25.9 Å². The van der Waals surface area contributed by atoms with Gasteiger partial charge in [0.25, 0.3) is 0 Å². The molecule has 25 heavy (non-hydrogen) atoms. The van der Waals surface area contributed by atoms with Crippen molar-refractivity contribution in [3.8, 4) is 0 Å². The lowest BCUT2D eigenvalue weighted by Gasteiger charge is -2.36. The number of hydrogen-bond donors (Lipinski definition) is 1. The van der Waals surface area contributed by atoms with E-state index in [9.17, 15) is 4.79 Å². The average Bonchev–Trinajstić information content (AvgIpc) is 2.51. The Kier molecular flexibility index (Phi) is 6.71. The molecule has 1 aromatic rings. The Morgan fingerprint density at radius 2 is 1.64 bits per heavy atom. The smallest absolute Gasteiger partial charge is 0.410 e. The van der Waals surface area contributed by atoms with Crippen LogP contribution < -0.4 is 5.73 Å². The monoisotopic (exact) mass is 427 g/mol. The lowest BCUT2D eigenvalue weighted by atomic mass is 9.86. The maximum absolute atomic E-state index is 12.1. The predicted molar refractivity (Wildman–Crippen MR) is 102 cm³/mol. The Hall–Kier alpha value is -0.460. The Morgan fingerprint density at radius 1 is 1.16 bits per heavy atom. The van der Waals surface area contributed by atoms with Crippen molar-refractivity contribution in [2.75, 3.05) is 13.1 Å². The summed E-state index contributed by atoms with van der Waals surface area (Å²) in [6.45, 7) is 6.63. The molecule has 1 saturated heterocycles. The van der Waals surface area contributed by atoms with Gasteiger partial charge < -0.3 is 15.4 Å². The van der Waals surface area contributed by atoms with Crippen LogP contribution in [-0.4, -0.2) is 34.7 Å². The van der Waals surface area contributed by atoms with Gasteiger partial charge in [-0.3, -0.25) is 0 Å². The van der Waals surface area contributed by atoms with Gasteiger partial charge in [0, 0.05) is 24.7 Å². The van der Waals surface area contributed by atoms with Crippen LogP contribution in [0.2, 0.25) is 20.4 Å². The summed E-state index contributed by atoms with van der Waals surface area (Å²) in [5.41, 5.74) is 6.37. The van der Waals surface area contributed by atoms with E-state index in [1.807, 2.05) is 20.8 Å². The molecule has 0 saturated carbocycles. The van der Waals surface area contributed by atoms with Crippen LogP contribution in [-0.2, 0) is 4.74 Å². The zero-order chi connectivity index (χ0) is 18.9. The fourth-order valence-electron chi connectivity index (χ4n) is 2.80. The number of pyridine rings is 1. The second-order valence-corrected chi connectivity index (χ2v) is 8.54. The second-order valence-electron chi connectivity index (χ2n) is 7.07. The summed E-state index contributed by atoms with van der Waals surface area (Å²) in [5.74, 6) is 0.0863. The summed E-state index contributed by atoms with van der Waals surface area (Å²) in [4.78, 5) is 17.7. The molecule has 2 rings (SSSR count). The molecule has 5 nitrogen and oxygen atoms in total. The van der Waals surface area contributed by atoms with E-state index >= 15 is 0 Å². The number of amides is 1. The average molecular weight is 429 g/mol. The van der Waals surface area contributed by atoms with Crippen LogP contribution in [0, 0.1) is 5.92 Å². The number of halogens is 4. The van der Waals surface area contributed by atoms with Gasteiger partial charge in [-0.25, -0.2) is 9.78 Å². The summed E-state index contributed by atoms with van der Waals surface area (Å²) in [6, 6.07) is -0.446. The van der Waals surface area contributed by atoms with Crippen LogP contribution in [0.1, 0.15) is 45.2 Å². The first-order valence-corrected chi connectivity index (χ1v) is 9.46. The van der Waals surface area contributed by atoms with E-state index in [2.05, 4.69) is 4.98 Å². The highest BCUT2D eigenvalue weighted by Gasteiger charge is 2.32. The number of ether oxygens (including phenoxy) is 1. The maximum Gasteiger partial charge on any atom is 0.410 e. The molecular formula is C16H21Cl4N3O2. The molecule has 1 unspecified atom stereocenters. The Bertz CT molecular complexity index is 630. The van der Waals surface area contributed by atoms with Crippen LogP contribution in [0.4, 0.5) is 4.79 Å². The zero-order valence-electron chi connectivity index (χ0n) is 14.3. The fourth-order valence-corrected chi connectivity index (χ4v) is 3.79. The minimum absolute atomic E-state index is 0.0766. The second kappa shape index (κ2) is 8.05. The molecule has 1 amide bonds. The molecule has 2 heterocycles. The van der Waals surface area contributed by atoms with Gasteiger partial charge in [-0.2, -0.15) is 0 Å². The van der Waals surface area contributed by atoms with Crippen molar-refractivity contribution < 1.29 is 9.53 Å². The molecule has 0 spiro atoms. The number of hydrogen-bond acceptors (Lipinski definition) is 4. The highest BCUT2D eigenvalue weighted by atomic mass is 35.5. The first-order chi connectivity index (χ1) is 11.5. The Labute approximate surface area is 167 Å². The Balaban J connectivity index is 2.08. The van der Waals surface area contributed by atoms with E-state index in [0.717, 1.165) is 0 Å². The lowest BCUT2D eigenvalue weighted by molar-refractivity contribution is 0.0174. The molecule has 1 aliphatic rings. The molecule has 0 aromatic carbocycles. The van der Waals surface area contributed by atoms with Gasteiger partial charge in [-0.05, 0) is 39.5 Å². The predicted octanol–water partition coefficient (Wildman–Crippen LogP) is 5.34. The molecule has 1 fully saturated rings. The summed E-state index contributed by atoms with van der Waals surface area (Å²) in [7, 11) is 0. The SMILES string of the molecule is CC(C)(C)OC(=O)N1CCC(C(N)c2c(Cl)c(Cl)nc(Cl)c2Cl)CC1. The van der Waals surface area contributed by atoms with Gasteiger partial charge in [0.15, 0.2) is 0 Å². The van der Waals surface area contributed by atoms with Gasteiger partial charge in [0.1, 0.15) is 15.9 Å². The van der Waals surface area contributed by atoms with E-state index in [-0.39, 0.29) is 32.4 Å². The number of rotatable bonds is 2. The summed E-state index contributed by atoms with van der Waals surface area (Å²) in [6.07, 6.45) is 1.08. The van der Waals surface area contributed by atoms with Crippen LogP contribution in [0.3, 0.4) is 0 Å². The van der Waals surface area contributed by atoms with E-state index in [0.29, 0.717) is 31.5 Å². The maximum atomic E-state index is 12.1. The number of likely N-dealkylation sites (tertiary alicyclic amines) is 1. The number of nitrogens with two attached hydrogens (primary N) is 1. The van der Waals surface area contributed by atoms with Gasteiger partial charge in [-0.15, -0.1) is 0 Å². The number of piperidine rings is 1. The van der Waals surface area contributed by atoms with Crippen molar-refractivity contribution in [2.24, 2.45) is 11.7 Å². The third-order valence-electron chi connectivity index (χ3n) is 4.06. The molecule has 1 aliphatic heterocycles. The highest BCUT2D eigenvalue weighted by molar-refractivity contribution is 6.46.